The maximum atomic E-state index is 14.1. The Morgan fingerprint density at radius 2 is 1.90 bits per heavy atom. The van der Waals surface area contributed by atoms with Crippen LogP contribution >= 0.6 is 11.6 Å². The Kier molecular flexibility index (Phi) is 5.27. The molecule has 6 nitrogen and oxygen atoms in total. The number of piperazine rings is 1. The highest BCUT2D eigenvalue weighted by molar-refractivity contribution is 7.91. The van der Waals surface area contributed by atoms with E-state index >= 15 is 0 Å². The number of carbonyl (C=O) groups excluding carboxylic acids is 1. The third kappa shape index (κ3) is 3.84. The molecular formula is C20H20ClFN2O4S. The van der Waals surface area contributed by atoms with Gasteiger partial charge < -0.3 is 9.64 Å². The lowest BCUT2D eigenvalue weighted by Crippen LogP contribution is -2.61. The lowest BCUT2D eigenvalue weighted by atomic mass is 10.0. The monoisotopic (exact) mass is 438 g/mol. The van der Waals surface area contributed by atoms with Crippen LogP contribution < -0.4 is 9.64 Å². The van der Waals surface area contributed by atoms with E-state index in [1.165, 1.54) is 18.1 Å². The van der Waals surface area contributed by atoms with Crippen molar-refractivity contribution in [2.45, 2.75) is 18.6 Å². The zero-order valence-electron chi connectivity index (χ0n) is 15.7. The SMILES string of the molecule is COc1ccc(N2C(=O)CN(Cc3ccccc3F)[C@H]3CS(=O)(=O)C[C@H]32)cc1Cl. The number of methoxy groups -OCH3 is 1. The Labute approximate surface area is 173 Å². The zero-order chi connectivity index (χ0) is 20.8. The Hall–Kier alpha value is -2.16. The minimum atomic E-state index is -3.34. The smallest absolute Gasteiger partial charge is 0.241 e. The fourth-order valence-corrected chi connectivity index (χ4v) is 6.35. The van der Waals surface area contributed by atoms with Crippen LogP contribution in [0.4, 0.5) is 10.1 Å². The number of halogens is 2. The van der Waals surface area contributed by atoms with Gasteiger partial charge in [0.15, 0.2) is 9.84 Å². The maximum absolute atomic E-state index is 14.1. The number of fused-ring (bicyclic) bond motifs is 1. The number of anilines is 1. The quantitative estimate of drug-likeness (QED) is 0.733. The van der Waals surface area contributed by atoms with E-state index in [4.69, 9.17) is 16.3 Å². The number of amides is 1. The van der Waals surface area contributed by atoms with Gasteiger partial charge in [-0.15, -0.1) is 0 Å². The van der Waals surface area contributed by atoms with Gasteiger partial charge in [0.25, 0.3) is 0 Å². The molecule has 154 valence electrons. The average Bonchev–Trinajstić information content (AvgIpc) is 2.98. The standard InChI is InChI=1S/C20H20ClFN2O4S/c1-28-19-7-6-14(8-15(19)21)24-18-12-29(26,27)11-17(18)23(10-20(24)25)9-13-4-2-3-5-16(13)22/h2-8,17-18H,9-12H2,1H3/t17-,18+/m0/s1. The highest BCUT2D eigenvalue weighted by Gasteiger charge is 2.49. The van der Waals surface area contributed by atoms with E-state index in [0.29, 0.717) is 22.0 Å². The molecule has 2 heterocycles. The fourth-order valence-electron chi connectivity index (χ4n) is 4.12. The number of ether oxygens (including phenoxy) is 1. The lowest BCUT2D eigenvalue weighted by Gasteiger charge is -2.43. The number of hydrogen-bond acceptors (Lipinski definition) is 5. The Bertz CT molecular complexity index is 1060. The second kappa shape index (κ2) is 7.59. The first kappa shape index (κ1) is 20.1. The van der Waals surface area contributed by atoms with E-state index in [9.17, 15) is 17.6 Å². The average molecular weight is 439 g/mol. The van der Waals surface area contributed by atoms with Gasteiger partial charge in [-0.05, 0) is 24.3 Å². The number of carbonyl (C=O) groups is 1. The molecule has 0 aliphatic carbocycles. The van der Waals surface area contributed by atoms with Gasteiger partial charge in [-0.2, -0.15) is 0 Å². The highest BCUT2D eigenvalue weighted by Crippen LogP contribution is 2.36. The summed E-state index contributed by atoms with van der Waals surface area (Å²) in [6, 6.07) is 10.3. The molecule has 0 aromatic heterocycles. The first-order valence-corrected chi connectivity index (χ1v) is 11.3. The van der Waals surface area contributed by atoms with Gasteiger partial charge >= 0.3 is 0 Å². The van der Waals surface area contributed by atoms with E-state index in [-0.39, 0.29) is 36.3 Å². The van der Waals surface area contributed by atoms with Gasteiger partial charge in [0.2, 0.25) is 5.91 Å². The van der Waals surface area contributed by atoms with Gasteiger partial charge in [0.05, 0.1) is 36.2 Å². The molecule has 29 heavy (non-hydrogen) atoms. The summed E-state index contributed by atoms with van der Waals surface area (Å²) in [6.07, 6.45) is 0. The summed E-state index contributed by atoms with van der Waals surface area (Å²) in [4.78, 5) is 16.3. The molecule has 2 fully saturated rings. The van der Waals surface area contributed by atoms with E-state index in [0.717, 1.165) is 0 Å². The second-order valence-corrected chi connectivity index (χ2v) is 9.85. The van der Waals surface area contributed by atoms with Crippen molar-refractivity contribution in [1.82, 2.24) is 4.90 Å². The van der Waals surface area contributed by atoms with Crippen LogP contribution in [0, 0.1) is 5.82 Å². The Balaban J connectivity index is 1.68. The summed E-state index contributed by atoms with van der Waals surface area (Å²) >= 11 is 6.22. The largest absolute Gasteiger partial charge is 0.495 e. The van der Waals surface area contributed by atoms with Crippen molar-refractivity contribution in [3.8, 4) is 5.75 Å². The minimum absolute atomic E-state index is 0.00529. The molecule has 0 bridgehead atoms. The molecule has 0 saturated carbocycles. The van der Waals surface area contributed by atoms with Crippen LogP contribution in [-0.4, -0.2) is 56.5 Å². The topological polar surface area (TPSA) is 66.9 Å². The van der Waals surface area contributed by atoms with Crippen molar-refractivity contribution in [2.75, 3.05) is 30.1 Å². The molecule has 0 unspecified atom stereocenters. The van der Waals surface area contributed by atoms with Gasteiger partial charge in [0.1, 0.15) is 11.6 Å². The fraction of sp³-hybridized carbons (Fsp3) is 0.350. The summed E-state index contributed by atoms with van der Waals surface area (Å²) in [5, 5.41) is 0.337. The normalized spacial score (nSPS) is 23.8. The zero-order valence-corrected chi connectivity index (χ0v) is 17.3. The maximum Gasteiger partial charge on any atom is 0.241 e. The van der Waals surface area contributed by atoms with Gasteiger partial charge in [-0.25, -0.2) is 12.8 Å². The van der Waals surface area contributed by atoms with Gasteiger partial charge in [-0.1, -0.05) is 29.8 Å². The van der Waals surface area contributed by atoms with Crippen LogP contribution in [0.15, 0.2) is 42.5 Å². The number of benzene rings is 2. The predicted octanol–water partition coefficient (Wildman–Crippen LogP) is 2.50. The van der Waals surface area contributed by atoms with Crippen molar-refractivity contribution >= 4 is 33.0 Å². The molecule has 9 heteroatoms. The molecule has 2 atom stereocenters. The second-order valence-electron chi connectivity index (χ2n) is 7.29. The predicted molar refractivity (Wildman–Crippen MR) is 109 cm³/mol. The summed E-state index contributed by atoms with van der Waals surface area (Å²) in [5.41, 5.74) is 0.961. The number of nitrogens with zero attached hydrogens (tertiary/aromatic N) is 2. The lowest BCUT2D eigenvalue weighted by molar-refractivity contribution is -0.123. The van der Waals surface area contributed by atoms with Crippen LogP contribution in [0.25, 0.3) is 0 Å². The third-order valence-electron chi connectivity index (χ3n) is 5.45. The van der Waals surface area contributed by atoms with Crippen molar-refractivity contribution in [2.24, 2.45) is 0 Å². The highest BCUT2D eigenvalue weighted by atomic mass is 35.5. The summed E-state index contributed by atoms with van der Waals surface area (Å²) in [6.45, 7) is 0.168. The van der Waals surface area contributed by atoms with Crippen molar-refractivity contribution in [1.29, 1.82) is 0 Å². The molecule has 2 aliphatic rings. The Morgan fingerprint density at radius 1 is 1.17 bits per heavy atom. The first-order chi connectivity index (χ1) is 13.8. The number of rotatable bonds is 4. The molecule has 2 saturated heterocycles. The van der Waals surface area contributed by atoms with Gasteiger partial charge in [-0.3, -0.25) is 9.69 Å². The summed E-state index contributed by atoms with van der Waals surface area (Å²) in [7, 11) is -1.85. The van der Waals surface area contributed by atoms with Crippen LogP contribution in [0.1, 0.15) is 5.56 Å². The molecule has 0 spiro atoms. The third-order valence-corrected chi connectivity index (χ3v) is 7.44. The minimum Gasteiger partial charge on any atom is -0.495 e. The van der Waals surface area contributed by atoms with Crippen molar-refractivity contribution in [3.05, 3.63) is 58.9 Å². The van der Waals surface area contributed by atoms with Gasteiger partial charge in [0, 0.05) is 23.8 Å². The van der Waals surface area contributed by atoms with Crippen LogP contribution in [0.2, 0.25) is 5.02 Å². The van der Waals surface area contributed by atoms with Crippen LogP contribution in [0.3, 0.4) is 0 Å². The molecule has 0 N–H and O–H groups in total. The molecular weight excluding hydrogens is 419 g/mol. The molecule has 4 rings (SSSR count). The van der Waals surface area contributed by atoms with Crippen molar-refractivity contribution in [3.63, 3.8) is 0 Å². The molecule has 1 amide bonds. The van der Waals surface area contributed by atoms with E-state index < -0.39 is 21.9 Å². The molecule has 2 aromatic rings. The van der Waals surface area contributed by atoms with E-state index in [1.54, 1.807) is 41.3 Å². The molecule has 2 aromatic carbocycles. The summed E-state index contributed by atoms with van der Waals surface area (Å²) < 4.78 is 44.1. The first-order valence-electron chi connectivity index (χ1n) is 9.12. The Morgan fingerprint density at radius 3 is 2.59 bits per heavy atom. The van der Waals surface area contributed by atoms with E-state index in [2.05, 4.69) is 0 Å². The van der Waals surface area contributed by atoms with Crippen LogP contribution in [-0.2, 0) is 21.2 Å². The number of sulfone groups is 1. The molecule has 0 radical (unpaired) electrons. The van der Waals surface area contributed by atoms with E-state index in [1.807, 2.05) is 0 Å². The summed E-state index contributed by atoms with van der Waals surface area (Å²) in [5.74, 6) is -0.361. The van der Waals surface area contributed by atoms with Crippen LogP contribution in [0.5, 0.6) is 5.75 Å². The van der Waals surface area contributed by atoms with Crippen molar-refractivity contribution < 1.29 is 22.3 Å². The number of hydrogen-bond donors (Lipinski definition) is 0. The molecule has 2 aliphatic heterocycles.